The molecule has 1 aliphatic heterocycles. The Morgan fingerprint density at radius 2 is 1.93 bits per heavy atom. The summed E-state index contributed by atoms with van der Waals surface area (Å²) < 4.78 is 5.98. The molecule has 1 atom stereocenters. The van der Waals surface area contributed by atoms with Gasteiger partial charge in [-0.2, -0.15) is 0 Å². The average Bonchev–Trinajstić information content (AvgIpc) is 2.74. The van der Waals surface area contributed by atoms with Crippen LogP contribution < -0.4 is 10.2 Å². The van der Waals surface area contributed by atoms with E-state index < -0.39 is 5.97 Å². The summed E-state index contributed by atoms with van der Waals surface area (Å²) in [4.78, 5) is 38.3. The number of carbonyl (C=O) groups excluding carboxylic acids is 2. The van der Waals surface area contributed by atoms with E-state index in [1.54, 1.807) is 43.3 Å². The molecular formula is C22H23BrN2O5. The van der Waals surface area contributed by atoms with Crippen molar-refractivity contribution in [3.05, 3.63) is 58.1 Å². The van der Waals surface area contributed by atoms with Crippen LogP contribution in [0.25, 0.3) is 0 Å². The molecule has 0 saturated carbocycles. The maximum absolute atomic E-state index is 12.4. The van der Waals surface area contributed by atoms with Crippen LogP contribution in [0.4, 0.5) is 11.4 Å². The van der Waals surface area contributed by atoms with E-state index in [9.17, 15) is 19.5 Å². The van der Waals surface area contributed by atoms with E-state index in [-0.39, 0.29) is 23.4 Å². The second kappa shape index (κ2) is 9.75. The highest BCUT2D eigenvalue weighted by Crippen LogP contribution is 2.29. The number of carboxylic acid groups (broad SMARTS) is 1. The molecule has 158 valence electrons. The maximum atomic E-state index is 12.4. The summed E-state index contributed by atoms with van der Waals surface area (Å²) in [5.74, 6) is -1.95. The van der Waals surface area contributed by atoms with Gasteiger partial charge in [0.2, 0.25) is 0 Å². The number of carboxylic acids is 1. The highest BCUT2D eigenvalue weighted by molar-refractivity contribution is 9.10. The number of ether oxygens (including phenoxy) is 1. The number of carbonyl (C=O) groups is 3. The second-order valence-electron chi connectivity index (χ2n) is 7.04. The molecule has 0 aliphatic carbocycles. The van der Waals surface area contributed by atoms with Crippen LogP contribution in [-0.2, 0) is 9.53 Å². The first-order chi connectivity index (χ1) is 14.4. The highest BCUT2D eigenvalue weighted by Gasteiger charge is 2.29. The van der Waals surface area contributed by atoms with E-state index in [1.165, 1.54) is 6.07 Å². The fraction of sp³-hybridized carbons (Fsp3) is 0.318. The number of nitrogens with one attached hydrogen (secondary N) is 1. The fourth-order valence-corrected chi connectivity index (χ4v) is 3.78. The molecule has 1 heterocycles. The molecule has 1 aliphatic rings. The Morgan fingerprint density at radius 3 is 2.60 bits per heavy atom. The zero-order chi connectivity index (χ0) is 21.7. The van der Waals surface area contributed by atoms with Gasteiger partial charge in [-0.1, -0.05) is 15.9 Å². The predicted molar refractivity (Wildman–Crippen MR) is 117 cm³/mol. The minimum Gasteiger partial charge on any atom is -0.478 e. The monoisotopic (exact) mass is 474 g/mol. The van der Waals surface area contributed by atoms with Crippen molar-refractivity contribution in [2.45, 2.75) is 19.8 Å². The van der Waals surface area contributed by atoms with Crippen LogP contribution >= 0.6 is 15.9 Å². The van der Waals surface area contributed by atoms with Crippen molar-refractivity contribution in [3.63, 3.8) is 0 Å². The molecule has 7 nitrogen and oxygen atoms in total. The Morgan fingerprint density at radius 1 is 1.20 bits per heavy atom. The molecule has 30 heavy (non-hydrogen) atoms. The standard InChI is InChI=1S/C22H23BrN2O5/c1-2-30-22(29)15-4-3-11-25(13-15)19-10-9-17(12-18(19)21(27)28)24-20(26)14-5-7-16(23)8-6-14/h5-10,12,15H,2-4,11,13H2,1H3,(H,24,26)(H,27,28). The molecule has 0 aromatic heterocycles. The topological polar surface area (TPSA) is 95.9 Å². The quantitative estimate of drug-likeness (QED) is 0.609. The number of halogens is 1. The van der Waals surface area contributed by atoms with E-state index in [2.05, 4.69) is 21.2 Å². The van der Waals surface area contributed by atoms with E-state index in [0.29, 0.717) is 36.6 Å². The van der Waals surface area contributed by atoms with Gasteiger partial charge in [0.05, 0.1) is 23.8 Å². The van der Waals surface area contributed by atoms with Crippen molar-refractivity contribution in [1.29, 1.82) is 0 Å². The smallest absolute Gasteiger partial charge is 0.337 e. The maximum Gasteiger partial charge on any atom is 0.337 e. The second-order valence-corrected chi connectivity index (χ2v) is 7.95. The van der Waals surface area contributed by atoms with Crippen molar-refractivity contribution >= 4 is 45.2 Å². The summed E-state index contributed by atoms with van der Waals surface area (Å²) in [6, 6.07) is 11.7. The largest absolute Gasteiger partial charge is 0.478 e. The average molecular weight is 475 g/mol. The lowest BCUT2D eigenvalue weighted by Gasteiger charge is -2.34. The van der Waals surface area contributed by atoms with Crippen LogP contribution in [0.2, 0.25) is 0 Å². The number of hydrogen-bond donors (Lipinski definition) is 2. The minimum absolute atomic E-state index is 0.0770. The number of hydrogen-bond acceptors (Lipinski definition) is 5. The number of benzene rings is 2. The summed E-state index contributed by atoms with van der Waals surface area (Å²) in [5, 5.41) is 12.5. The Hall–Kier alpha value is -2.87. The van der Waals surface area contributed by atoms with E-state index in [4.69, 9.17) is 4.74 Å². The molecule has 2 N–H and O–H groups in total. The number of esters is 1. The first-order valence-electron chi connectivity index (χ1n) is 9.75. The summed E-state index contributed by atoms with van der Waals surface area (Å²) in [6.07, 6.45) is 1.49. The van der Waals surface area contributed by atoms with Crippen molar-refractivity contribution in [1.82, 2.24) is 0 Å². The van der Waals surface area contributed by atoms with Crippen molar-refractivity contribution in [2.75, 3.05) is 29.9 Å². The molecule has 0 radical (unpaired) electrons. The van der Waals surface area contributed by atoms with Crippen LogP contribution in [0.3, 0.4) is 0 Å². The number of rotatable bonds is 6. The molecule has 8 heteroatoms. The molecular weight excluding hydrogens is 452 g/mol. The van der Waals surface area contributed by atoms with Crippen molar-refractivity contribution < 1.29 is 24.2 Å². The molecule has 0 bridgehead atoms. The molecule has 1 amide bonds. The Labute approximate surface area is 183 Å². The molecule has 2 aromatic rings. The zero-order valence-electron chi connectivity index (χ0n) is 16.6. The van der Waals surface area contributed by atoms with Crippen LogP contribution in [0.5, 0.6) is 0 Å². The molecule has 1 unspecified atom stereocenters. The Kier molecular flexibility index (Phi) is 7.10. The molecule has 0 spiro atoms. The van der Waals surface area contributed by atoms with Crippen molar-refractivity contribution in [2.24, 2.45) is 5.92 Å². The number of nitrogens with zero attached hydrogens (tertiary/aromatic N) is 1. The van der Waals surface area contributed by atoms with Crippen LogP contribution in [-0.4, -0.2) is 42.6 Å². The zero-order valence-corrected chi connectivity index (χ0v) is 18.1. The summed E-state index contributed by atoms with van der Waals surface area (Å²) in [7, 11) is 0. The van der Waals surface area contributed by atoms with E-state index in [1.807, 2.05) is 4.90 Å². The molecule has 1 fully saturated rings. The van der Waals surface area contributed by atoms with E-state index >= 15 is 0 Å². The SMILES string of the molecule is CCOC(=O)C1CCCN(c2ccc(NC(=O)c3ccc(Br)cc3)cc2C(=O)O)C1. The van der Waals surface area contributed by atoms with E-state index in [0.717, 1.165) is 17.3 Å². The number of aromatic carboxylic acids is 1. The van der Waals surface area contributed by atoms with Gasteiger partial charge >= 0.3 is 11.9 Å². The lowest BCUT2D eigenvalue weighted by molar-refractivity contribution is -0.148. The number of piperidine rings is 1. The van der Waals surface area contributed by atoms with Gasteiger partial charge in [-0.3, -0.25) is 9.59 Å². The van der Waals surface area contributed by atoms with Crippen LogP contribution in [0, 0.1) is 5.92 Å². The third-order valence-corrected chi connectivity index (χ3v) is 5.50. The Bertz CT molecular complexity index is 945. The highest BCUT2D eigenvalue weighted by atomic mass is 79.9. The van der Waals surface area contributed by atoms with Gasteiger partial charge in [-0.05, 0) is 62.2 Å². The first-order valence-corrected chi connectivity index (χ1v) is 10.5. The van der Waals surface area contributed by atoms with Gasteiger partial charge in [0.1, 0.15) is 0 Å². The van der Waals surface area contributed by atoms with Gasteiger partial charge < -0.3 is 20.1 Å². The predicted octanol–water partition coefficient (Wildman–Crippen LogP) is 4.18. The first kappa shape index (κ1) is 21.8. The molecule has 3 rings (SSSR count). The minimum atomic E-state index is -1.09. The lowest BCUT2D eigenvalue weighted by atomic mass is 9.96. The summed E-state index contributed by atoms with van der Waals surface area (Å²) in [6.45, 7) is 3.15. The van der Waals surface area contributed by atoms with Gasteiger partial charge in [-0.25, -0.2) is 4.79 Å². The van der Waals surface area contributed by atoms with Crippen LogP contribution in [0.1, 0.15) is 40.5 Å². The number of amides is 1. The fourth-order valence-electron chi connectivity index (χ4n) is 3.51. The molecule has 1 saturated heterocycles. The Balaban J connectivity index is 1.79. The van der Waals surface area contributed by atoms with Crippen molar-refractivity contribution in [3.8, 4) is 0 Å². The molecule has 2 aromatic carbocycles. The van der Waals surface area contributed by atoms with Gasteiger partial charge in [0.25, 0.3) is 5.91 Å². The summed E-state index contributed by atoms with van der Waals surface area (Å²) >= 11 is 3.32. The van der Waals surface area contributed by atoms with Gasteiger partial charge in [-0.15, -0.1) is 0 Å². The number of anilines is 2. The van der Waals surface area contributed by atoms with Gasteiger partial charge in [0.15, 0.2) is 0 Å². The van der Waals surface area contributed by atoms with Gasteiger partial charge in [0, 0.05) is 28.8 Å². The normalized spacial score (nSPS) is 16.1. The third-order valence-electron chi connectivity index (χ3n) is 4.97. The summed E-state index contributed by atoms with van der Waals surface area (Å²) in [5.41, 5.74) is 1.46. The third kappa shape index (κ3) is 5.18. The van der Waals surface area contributed by atoms with Crippen LogP contribution in [0.15, 0.2) is 46.9 Å². The lowest BCUT2D eigenvalue weighted by Crippen LogP contribution is -2.40.